The van der Waals surface area contributed by atoms with Crippen molar-refractivity contribution in [1.82, 2.24) is 4.98 Å². The number of para-hydroxylation sites is 2. The quantitative estimate of drug-likeness (QED) is 0.186. The summed E-state index contributed by atoms with van der Waals surface area (Å²) in [6.45, 7) is 0. The molecule has 0 aliphatic rings. The molecule has 4 nitrogen and oxygen atoms in total. The maximum atomic E-state index is 10.2. The van der Waals surface area contributed by atoms with Crippen molar-refractivity contribution in [1.29, 1.82) is 5.26 Å². The van der Waals surface area contributed by atoms with Gasteiger partial charge in [-0.25, -0.2) is 4.98 Å². The van der Waals surface area contributed by atoms with Gasteiger partial charge >= 0.3 is 0 Å². The fourth-order valence-electron chi connectivity index (χ4n) is 7.31. The van der Waals surface area contributed by atoms with Crippen LogP contribution in [0.25, 0.3) is 99.1 Å². The molecule has 0 saturated carbocycles. The second-order valence-electron chi connectivity index (χ2n) is 12.2. The summed E-state index contributed by atoms with van der Waals surface area (Å²) < 4.78 is 13.3. The zero-order valence-corrected chi connectivity index (χ0v) is 25.6. The van der Waals surface area contributed by atoms with E-state index in [1.165, 1.54) is 16.2 Å². The normalized spacial score (nSPS) is 11.7. The molecule has 4 heteroatoms. The van der Waals surface area contributed by atoms with Crippen LogP contribution in [-0.2, 0) is 0 Å². The van der Waals surface area contributed by atoms with Crippen LogP contribution in [0.4, 0.5) is 0 Å². The molecule has 0 saturated heterocycles. The molecule has 0 atom stereocenters. The van der Waals surface area contributed by atoms with Gasteiger partial charge in [0.05, 0.1) is 17.2 Å². The molecule has 7 aromatic carbocycles. The highest BCUT2D eigenvalue weighted by Crippen LogP contribution is 2.45. The topological polar surface area (TPSA) is 63.0 Å². The van der Waals surface area contributed by atoms with Crippen LogP contribution in [0.1, 0.15) is 5.56 Å². The number of nitrogens with zero attached hydrogens (tertiary/aromatic N) is 2. The van der Waals surface area contributed by atoms with E-state index in [0.29, 0.717) is 16.7 Å². The second kappa shape index (κ2) is 10.2. The summed E-state index contributed by atoms with van der Waals surface area (Å²) >= 11 is 0. The van der Waals surface area contributed by atoms with Gasteiger partial charge in [0.15, 0.2) is 11.2 Å². The van der Waals surface area contributed by atoms with Gasteiger partial charge in [-0.2, -0.15) is 5.26 Å². The van der Waals surface area contributed by atoms with Gasteiger partial charge in [0.25, 0.3) is 0 Å². The number of aromatic nitrogens is 1. The number of pyridine rings is 1. The summed E-state index contributed by atoms with van der Waals surface area (Å²) in [5, 5.41) is 16.8. The Labute approximate surface area is 274 Å². The highest BCUT2D eigenvalue weighted by molar-refractivity contribution is 6.19. The molecule has 3 aromatic heterocycles. The van der Waals surface area contributed by atoms with Crippen molar-refractivity contribution >= 4 is 65.7 Å². The van der Waals surface area contributed by atoms with Crippen molar-refractivity contribution in [2.45, 2.75) is 0 Å². The molecule has 10 rings (SSSR count). The molecule has 0 spiro atoms. The number of rotatable bonds is 3. The largest absolute Gasteiger partial charge is 0.454 e. The van der Waals surface area contributed by atoms with Gasteiger partial charge in [0.2, 0.25) is 0 Å². The van der Waals surface area contributed by atoms with Crippen molar-refractivity contribution < 1.29 is 8.83 Å². The third-order valence-electron chi connectivity index (χ3n) is 9.48. The molecule has 0 bridgehead atoms. The lowest BCUT2D eigenvalue weighted by Crippen LogP contribution is -1.91. The Balaban J connectivity index is 1.38. The monoisotopic (exact) mass is 612 g/mol. The van der Waals surface area contributed by atoms with Crippen LogP contribution >= 0.6 is 0 Å². The molecule has 0 N–H and O–H groups in total. The maximum absolute atomic E-state index is 10.2. The van der Waals surface area contributed by atoms with E-state index in [4.69, 9.17) is 13.8 Å². The Morgan fingerprint density at radius 1 is 0.458 bits per heavy atom. The molecular weight excluding hydrogens is 588 g/mol. The average molecular weight is 613 g/mol. The molecule has 0 amide bonds. The van der Waals surface area contributed by atoms with E-state index in [-0.39, 0.29) is 0 Å². The zero-order valence-electron chi connectivity index (χ0n) is 25.6. The standard InChI is InChI=1S/C44H24N2O2/c45-25-27-12-2-3-13-31(27)28-21-29(37-24-26-11-1-4-14-32(26)33-15-5-6-16-34(33)37)23-30(22-28)40-43-41(35-17-7-9-19-38(35)47-43)46-42-36-18-8-10-20-39(36)48-44(40)42/h1-24H. The highest BCUT2D eigenvalue weighted by Gasteiger charge is 2.24. The lowest BCUT2D eigenvalue weighted by molar-refractivity contribution is 0.657. The number of furan rings is 2. The molecule has 0 unspecified atom stereocenters. The minimum absolute atomic E-state index is 0.612. The van der Waals surface area contributed by atoms with Gasteiger partial charge in [-0.3, -0.25) is 0 Å². The summed E-state index contributed by atoms with van der Waals surface area (Å²) in [5.74, 6) is 0. The smallest absolute Gasteiger partial charge is 0.165 e. The fourth-order valence-corrected chi connectivity index (χ4v) is 7.31. The number of benzene rings is 7. The molecule has 3 heterocycles. The van der Waals surface area contributed by atoms with E-state index in [1.807, 2.05) is 60.7 Å². The Morgan fingerprint density at radius 3 is 1.67 bits per heavy atom. The van der Waals surface area contributed by atoms with E-state index in [1.54, 1.807) is 0 Å². The predicted molar refractivity (Wildman–Crippen MR) is 195 cm³/mol. The molecule has 48 heavy (non-hydrogen) atoms. The Bertz CT molecular complexity index is 2890. The van der Waals surface area contributed by atoms with Crippen molar-refractivity contribution in [3.05, 3.63) is 151 Å². The fraction of sp³-hybridized carbons (Fsp3) is 0. The van der Waals surface area contributed by atoms with Gasteiger partial charge in [0, 0.05) is 10.8 Å². The van der Waals surface area contributed by atoms with Crippen LogP contribution in [0.3, 0.4) is 0 Å². The van der Waals surface area contributed by atoms with E-state index < -0.39 is 0 Å². The molecule has 10 aromatic rings. The Hall–Kier alpha value is -6.70. The van der Waals surface area contributed by atoms with Crippen molar-refractivity contribution in [3.8, 4) is 39.4 Å². The number of hydrogen-bond donors (Lipinski definition) is 0. The van der Waals surface area contributed by atoms with E-state index in [0.717, 1.165) is 71.7 Å². The predicted octanol–water partition coefficient (Wildman–Crippen LogP) is 12.1. The summed E-state index contributed by atoms with van der Waals surface area (Å²) in [6, 6.07) is 52.2. The lowest BCUT2D eigenvalue weighted by atomic mass is 9.88. The molecule has 0 aliphatic heterocycles. The van der Waals surface area contributed by atoms with Crippen molar-refractivity contribution in [2.24, 2.45) is 0 Å². The van der Waals surface area contributed by atoms with Gasteiger partial charge in [0.1, 0.15) is 22.2 Å². The third kappa shape index (κ3) is 3.85. The maximum Gasteiger partial charge on any atom is 0.165 e. The highest BCUT2D eigenvalue weighted by atomic mass is 16.3. The lowest BCUT2D eigenvalue weighted by Gasteiger charge is -2.15. The van der Waals surface area contributed by atoms with Crippen LogP contribution in [0.2, 0.25) is 0 Å². The van der Waals surface area contributed by atoms with Crippen LogP contribution in [0.5, 0.6) is 0 Å². The molecule has 0 aliphatic carbocycles. The van der Waals surface area contributed by atoms with Crippen molar-refractivity contribution in [2.75, 3.05) is 0 Å². The van der Waals surface area contributed by atoms with Crippen LogP contribution < -0.4 is 0 Å². The van der Waals surface area contributed by atoms with E-state index >= 15 is 0 Å². The molecular formula is C44H24N2O2. The van der Waals surface area contributed by atoms with E-state index in [9.17, 15) is 5.26 Å². The molecule has 0 fully saturated rings. The number of hydrogen-bond acceptors (Lipinski definition) is 4. The van der Waals surface area contributed by atoms with Crippen molar-refractivity contribution in [3.63, 3.8) is 0 Å². The minimum Gasteiger partial charge on any atom is -0.454 e. The van der Waals surface area contributed by atoms with Crippen LogP contribution in [-0.4, -0.2) is 4.98 Å². The van der Waals surface area contributed by atoms with E-state index in [2.05, 4.69) is 91.0 Å². The van der Waals surface area contributed by atoms with Crippen LogP contribution in [0, 0.1) is 11.3 Å². The first kappa shape index (κ1) is 26.5. The molecule has 0 radical (unpaired) electrons. The first-order valence-corrected chi connectivity index (χ1v) is 15.9. The SMILES string of the molecule is N#Cc1ccccc1-c1cc(-c2cc3ccccc3c3ccccc23)cc(-c2c3oc4ccccc4c3nc3c2oc2ccccc23)c1. The summed E-state index contributed by atoms with van der Waals surface area (Å²) in [7, 11) is 0. The zero-order chi connectivity index (χ0) is 31.8. The van der Waals surface area contributed by atoms with Crippen LogP contribution in [0.15, 0.2) is 154 Å². The summed E-state index contributed by atoms with van der Waals surface area (Å²) in [5.41, 5.74) is 10.8. The summed E-state index contributed by atoms with van der Waals surface area (Å²) in [6.07, 6.45) is 0. The number of fused-ring (bicyclic) bond motifs is 9. The minimum atomic E-state index is 0.612. The van der Waals surface area contributed by atoms with Gasteiger partial charge < -0.3 is 8.83 Å². The third-order valence-corrected chi connectivity index (χ3v) is 9.48. The first-order valence-electron chi connectivity index (χ1n) is 15.9. The van der Waals surface area contributed by atoms with Gasteiger partial charge in [-0.05, 0) is 104 Å². The Kier molecular flexibility index (Phi) is 5.61. The molecule has 222 valence electrons. The number of nitriles is 1. The first-order chi connectivity index (χ1) is 23.7. The average Bonchev–Trinajstić information content (AvgIpc) is 3.71. The summed E-state index contributed by atoms with van der Waals surface area (Å²) in [4.78, 5) is 5.17. The Morgan fingerprint density at radius 2 is 0.979 bits per heavy atom. The second-order valence-corrected chi connectivity index (χ2v) is 12.2. The van der Waals surface area contributed by atoms with Gasteiger partial charge in [-0.15, -0.1) is 0 Å². The van der Waals surface area contributed by atoms with Gasteiger partial charge in [-0.1, -0.05) is 91.0 Å².